The first-order valence-corrected chi connectivity index (χ1v) is 6.08. The van der Waals surface area contributed by atoms with Crippen molar-refractivity contribution in [2.24, 2.45) is 11.7 Å². The number of amides is 1. The van der Waals surface area contributed by atoms with Gasteiger partial charge in [0.1, 0.15) is 5.75 Å². The lowest BCUT2D eigenvalue weighted by atomic mass is 10.0. The number of carbonyl (C=O) groups is 2. The Morgan fingerprint density at radius 2 is 2.20 bits per heavy atom. The molecule has 7 heteroatoms. The van der Waals surface area contributed by atoms with E-state index in [9.17, 15) is 9.59 Å². The topological polar surface area (TPSA) is 111 Å². The molecule has 1 fully saturated rings. The highest BCUT2D eigenvalue weighted by molar-refractivity contribution is 6.01. The third-order valence-corrected chi connectivity index (χ3v) is 3.18. The van der Waals surface area contributed by atoms with Crippen molar-refractivity contribution in [2.45, 2.75) is 6.04 Å². The maximum absolute atomic E-state index is 12.1. The van der Waals surface area contributed by atoms with Crippen LogP contribution in [0.5, 0.6) is 5.75 Å². The lowest BCUT2D eigenvalue weighted by Crippen LogP contribution is -2.37. The molecular weight excluding hydrogens is 264 g/mol. The van der Waals surface area contributed by atoms with Crippen LogP contribution in [0.4, 0.5) is 5.69 Å². The molecule has 4 N–H and O–H groups in total. The molecule has 1 amide bonds. The minimum absolute atomic E-state index is 0.00774. The summed E-state index contributed by atoms with van der Waals surface area (Å²) < 4.78 is 10.1. The van der Waals surface area contributed by atoms with Gasteiger partial charge in [0.15, 0.2) is 0 Å². The molecule has 1 heterocycles. The third kappa shape index (κ3) is 2.89. The number of ether oxygens (including phenoxy) is 2. The Morgan fingerprint density at radius 3 is 2.75 bits per heavy atom. The number of hydrogen-bond acceptors (Lipinski definition) is 5. The van der Waals surface area contributed by atoms with Crippen LogP contribution < -0.4 is 15.8 Å². The van der Waals surface area contributed by atoms with Crippen LogP contribution in [-0.4, -0.2) is 43.3 Å². The highest BCUT2D eigenvalue weighted by Crippen LogP contribution is 2.24. The van der Waals surface area contributed by atoms with Crippen LogP contribution in [0.1, 0.15) is 10.4 Å². The molecule has 1 aromatic rings. The fourth-order valence-corrected chi connectivity index (χ4v) is 2.01. The second-order valence-corrected chi connectivity index (χ2v) is 4.51. The SMILES string of the molecule is COc1ccc(C(=O)O)c(NC(=O)C2COCC2N)c1. The van der Waals surface area contributed by atoms with E-state index in [1.807, 2.05) is 0 Å². The molecule has 7 nitrogen and oxygen atoms in total. The summed E-state index contributed by atoms with van der Waals surface area (Å²) >= 11 is 0. The molecule has 1 aliphatic heterocycles. The fourth-order valence-electron chi connectivity index (χ4n) is 2.01. The molecule has 1 aromatic carbocycles. The van der Waals surface area contributed by atoms with Gasteiger partial charge in [0.25, 0.3) is 0 Å². The molecule has 2 unspecified atom stereocenters. The van der Waals surface area contributed by atoms with Gasteiger partial charge >= 0.3 is 5.97 Å². The predicted molar refractivity (Wildman–Crippen MR) is 70.9 cm³/mol. The number of carboxylic acid groups (broad SMARTS) is 1. The van der Waals surface area contributed by atoms with Gasteiger partial charge in [-0.05, 0) is 12.1 Å². The van der Waals surface area contributed by atoms with Crippen LogP contribution in [0.15, 0.2) is 18.2 Å². The quantitative estimate of drug-likeness (QED) is 0.731. The van der Waals surface area contributed by atoms with Gasteiger partial charge in [-0.25, -0.2) is 4.79 Å². The number of rotatable bonds is 4. The van der Waals surface area contributed by atoms with E-state index in [1.54, 1.807) is 0 Å². The maximum Gasteiger partial charge on any atom is 0.337 e. The zero-order chi connectivity index (χ0) is 14.7. The van der Waals surface area contributed by atoms with Crippen molar-refractivity contribution in [1.82, 2.24) is 0 Å². The van der Waals surface area contributed by atoms with Crippen molar-refractivity contribution in [1.29, 1.82) is 0 Å². The van der Waals surface area contributed by atoms with Crippen molar-refractivity contribution in [3.63, 3.8) is 0 Å². The Balaban J connectivity index is 2.22. The van der Waals surface area contributed by atoms with Crippen LogP contribution in [0, 0.1) is 5.92 Å². The molecule has 108 valence electrons. The summed E-state index contributed by atoms with van der Waals surface area (Å²) in [5, 5.41) is 11.7. The number of carboxylic acids is 1. The molecule has 0 spiro atoms. The number of benzene rings is 1. The minimum atomic E-state index is -1.13. The first-order valence-electron chi connectivity index (χ1n) is 6.08. The Labute approximate surface area is 115 Å². The summed E-state index contributed by atoms with van der Waals surface area (Å²) in [6.45, 7) is 0.557. The van der Waals surface area contributed by atoms with Crippen LogP contribution in [-0.2, 0) is 9.53 Å². The lowest BCUT2D eigenvalue weighted by molar-refractivity contribution is -0.120. The van der Waals surface area contributed by atoms with Crippen molar-refractivity contribution < 1.29 is 24.2 Å². The van der Waals surface area contributed by atoms with Gasteiger partial charge in [-0.2, -0.15) is 0 Å². The number of methoxy groups -OCH3 is 1. The van der Waals surface area contributed by atoms with E-state index < -0.39 is 11.9 Å². The molecule has 0 aliphatic carbocycles. The number of carbonyl (C=O) groups excluding carboxylic acids is 1. The van der Waals surface area contributed by atoms with E-state index >= 15 is 0 Å². The van der Waals surface area contributed by atoms with Crippen molar-refractivity contribution >= 4 is 17.6 Å². The molecule has 2 atom stereocenters. The second kappa shape index (κ2) is 5.89. The van der Waals surface area contributed by atoms with Crippen molar-refractivity contribution in [3.8, 4) is 5.75 Å². The molecule has 0 saturated carbocycles. The Hall–Kier alpha value is -2.12. The highest BCUT2D eigenvalue weighted by Gasteiger charge is 2.32. The monoisotopic (exact) mass is 280 g/mol. The summed E-state index contributed by atoms with van der Waals surface area (Å²) in [6.07, 6.45) is 0. The van der Waals surface area contributed by atoms with Crippen LogP contribution in [0.25, 0.3) is 0 Å². The largest absolute Gasteiger partial charge is 0.497 e. The van der Waals surface area contributed by atoms with E-state index in [-0.39, 0.29) is 29.8 Å². The van der Waals surface area contributed by atoms with Crippen molar-refractivity contribution in [3.05, 3.63) is 23.8 Å². The zero-order valence-electron chi connectivity index (χ0n) is 11.0. The van der Waals surface area contributed by atoms with Gasteiger partial charge in [0.2, 0.25) is 5.91 Å². The second-order valence-electron chi connectivity index (χ2n) is 4.51. The molecule has 0 bridgehead atoms. The zero-order valence-corrected chi connectivity index (χ0v) is 11.0. The Bertz CT molecular complexity index is 531. The van der Waals surface area contributed by atoms with E-state index in [4.69, 9.17) is 20.3 Å². The first kappa shape index (κ1) is 14.3. The summed E-state index contributed by atoms with van der Waals surface area (Å²) in [7, 11) is 1.46. The number of nitrogens with one attached hydrogen (secondary N) is 1. The van der Waals surface area contributed by atoms with Gasteiger partial charge in [-0.15, -0.1) is 0 Å². The first-order chi connectivity index (χ1) is 9.52. The Morgan fingerprint density at radius 1 is 1.45 bits per heavy atom. The molecule has 1 aliphatic rings. The lowest BCUT2D eigenvalue weighted by Gasteiger charge is -2.15. The molecule has 1 saturated heterocycles. The maximum atomic E-state index is 12.1. The van der Waals surface area contributed by atoms with Gasteiger partial charge in [0, 0.05) is 12.1 Å². The normalized spacial score (nSPS) is 21.5. The highest BCUT2D eigenvalue weighted by atomic mass is 16.5. The van der Waals surface area contributed by atoms with E-state index in [2.05, 4.69) is 5.32 Å². The number of anilines is 1. The fraction of sp³-hybridized carbons (Fsp3) is 0.385. The number of nitrogens with two attached hydrogens (primary N) is 1. The van der Waals surface area contributed by atoms with Gasteiger partial charge < -0.3 is 25.6 Å². The average Bonchev–Trinajstić information content (AvgIpc) is 2.84. The molecule has 20 heavy (non-hydrogen) atoms. The van der Waals surface area contributed by atoms with Gasteiger partial charge in [-0.3, -0.25) is 4.79 Å². The van der Waals surface area contributed by atoms with E-state index in [0.717, 1.165) is 0 Å². The summed E-state index contributed by atoms with van der Waals surface area (Å²) in [5.41, 5.74) is 5.93. The van der Waals surface area contributed by atoms with E-state index in [0.29, 0.717) is 12.4 Å². The summed E-state index contributed by atoms with van der Waals surface area (Å²) in [5.74, 6) is -1.51. The Kier molecular flexibility index (Phi) is 4.21. The standard InChI is InChI=1S/C13H16N2O5/c1-19-7-2-3-8(13(17)18)11(4-7)15-12(16)9-5-20-6-10(9)14/h2-4,9-10H,5-6,14H2,1H3,(H,15,16)(H,17,18). The van der Waals surface area contributed by atoms with Crippen LogP contribution >= 0.6 is 0 Å². The third-order valence-electron chi connectivity index (χ3n) is 3.18. The molecule has 2 rings (SSSR count). The summed E-state index contributed by atoms with van der Waals surface area (Å²) in [6, 6.07) is 3.97. The predicted octanol–water partition coefficient (Wildman–Crippen LogP) is 0.306. The van der Waals surface area contributed by atoms with E-state index in [1.165, 1.54) is 25.3 Å². The minimum Gasteiger partial charge on any atom is -0.497 e. The smallest absolute Gasteiger partial charge is 0.337 e. The van der Waals surface area contributed by atoms with Crippen LogP contribution in [0.3, 0.4) is 0 Å². The number of aromatic carboxylic acids is 1. The molecular formula is C13H16N2O5. The number of hydrogen-bond donors (Lipinski definition) is 3. The van der Waals surface area contributed by atoms with Crippen molar-refractivity contribution in [2.75, 3.05) is 25.6 Å². The molecule has 0 radical (unpaired) electrons. The average molecular weight is 280 g/mol. The molecule has 0 aromatic heterocycles. The summed E-state index contributed by atoms with van der Waals surface area (Å²) in [4.78, 5) is 23.2. The van der Waals surface area contributed by atoms with Gasteiger partial charge in [-0.1, -0.05) is 0 Å². The van der Waals surface area contributed by atoms with Gasteiger partial charge in [0.05, 0.1) is 37.5 Å². The van der Waals surface area contributed by atoms with Crippen LogP contribution in [0.2, 0.25) is 0 Å².